The van der Waals surface area contributed by atoms with Gasteiger partial charge in [0.1, 0.15) is 5.75 Å². The zero-order valence-electron chi connectivity index (χ0n) is 14.2. The molecule has 0 aliphatic rings. The Labute approximate surface area is 161 Å². The van der Waals surface area contributed by atoms with Gasteiger partial charge >= 0.3 is 6.18 Å². The van der Waals surface area contributed by atoms with E-state index in [9.17, 15) is 13.2 Å². The smallest absolute Gasteiger partial charge is 0.416 e. The molecule has 0 saturated heterocycles. The monoisotopic (exact) mass is 406 g/mol. The minimum absolute atomic E-state index is 0.00474. The average Bonchev–Trinajstić information content (AvgIpc) is 3.16. The number of hydrogen-bond acceptors (Lipinski definition) is 6. The summed E-state index contributed by atoms with van der Waals surface area (Å²) >= 11 is 6.10. The zero-order chi connectivity index (χ0) is 19.9. The second-order valence-corrected chi connectivity index (χ2v) is 6.06. The molecule has 2 heterocycles. The fourth-order valence-corrected chi connectivity index (χ4v) is 2.73. The van der Waals surface area contributed by atoms with Crippen LogP contribution in [0.3, 0.4) is 0 Å². The number of ether oxygens (including phenoxy) is 1. The molecule has 0 N–H and O–H groups in total. The molecular formula is C18H10ClF3N4O2. The van der Waals surface area contributed by atoms with E-state index in [0.29, 0.717) is 11.3 Å². The van der Waals surface area contributed by atoms with Crippen LogP contribution in [0.15, 0.2) is 46.9 Å². The highest BCUT2D eigenvalue weighted by molar-refractivity contribution is 6.32. The molecule has 0 aliphatic carbocycles. The molecule has 0 amide bonds. The van der Waals surface area contributed by atoms with Gasteiger partial charge in [-0.05, 0) is 42.5 Å². The van der Waals surface area contributed by atoms with Crippen molar-refractivity contribution in [2.24, 2.45) is 0 Å². The molecule has 10 heteroatoms. The Kier molecular flexibility index (Phi) is 4.38. The Morgan fingerprint density at radius 2 is 1.64 bits per heavy atom. The Morgan fingerprint density at radius 1 is 0.929 bits per heavy atom. The number of nitrogens with zero attached hydrogens (tertiary/aromatic N) is 4. The maximum atomic E-state index is 12.8. The number of alkyl halides is 3. The minimum Gasteiger partial charge on any atom is -0.497 e. The largest absolute Gasteiger partial charge is 0.497 e. The van der Waals surface area contributed by atoms with Crippen molar-refractivity contribution in [2.45, 2.75) is 6.18 Å². The van der Waals surface area contributed by atoms with Gasteiger partial charge in [0.25, 0.3) is 5.89 Å². The Morgan fingerprint density at radius 3 is 2.32 bits per heavy atom. The third kappa shape index (κ3) is 3.36. The molecule has 0 spiro atoms. The molecule has 0 atom stereocenters. The van der Waals surface area contributed by atoms with Gasteiger partial charge in [0.2, 0.25) is 5.89 Å². The lowest BCUT2D eigenvalue weighted by Gasteiger charge is -2.07. The molecule has 28 heavy (non-hydrogen) atoms. The number of aromatic nitrogens is 4. The van der Waals surface area contributed by atoms with E-state index in [4.69, 9.17) is 20.8 Å². The maximum Gasteiger partial charge on any atom is 0.416 e. The summed E-state index contributed by atoms with van der Waals surface area (Å²) in [7, 11) is 1.55. The van der Waals surface area contributed by atoms with E-state index in [2.05, 4.69) is 20.2 Å². The first-order chi connectivity index (χ1) is 13.3. The Bertz CT molecular complexity index is 1160. The lowest BCUT2D eigenvalue weighted by Crippen LogP contribution is -2.05. The second kappa shape index (κ2) is 6.75. The van der Waals surface area contributed by atoms with Crippen molar-refractivity contribution in [3.63, 3.8) is 0 Å². The molecule has 0 radical (unpaired) electrons. The second-order valence-electron chi connectivity index (χ2n) is 5.71. The van der Waals surface area contributed by atoms with Gasteiger partial charge in [0.15, 0.2) is 10.8 Å². The van der Waals surface area contributed by atoms with Crippen LogP contribution in [0.1, 0.15) is 5.56 Å². The normalized spacial score (nSPS) is 11.8. The van der Waals surface area contributed by atoms with Crippen molar-refractivity contribution in [1.82, 2.24) is 20.2 Å². The summed E-state index contributed by atoms with van der Waals surface area (Å²) in [4.78, 5) is 8.21. The van der Waals surface area contributed by atoms with Crippen molar-refractivity contribution in [3.8, 4) is 28.8 Å². The first kappa shape index (κ1) is 18.2. The van der Waals surface area contributed by atoms with Crippen LogP contribution in [0, 0.1) is 0 Å². The predicted molar refractivity (Wildman–Crippen MR) is 94.8 cm³/mol. The zero-order valence-corrected chi connectivity index (χ0v) is 14.9. The maximum absolute atomic E-state index is 12.8. The fraction of sp³-hybridized carbons (Fsp3) is 0.111. The first-order valence-electron chi connectivity index (χ1n) is 7.88. The van der Waals surface area contributed by atoms with Gasteiger partial charge in [-0.25, -0.2) is 9.97 Å². The lowest BCUT2D eigenvalue weighted by atomic mass is 10.2. The van der Waals surface area contributed by atoms with Gasteiger partial charge in [-0.1, -0.05) is 11.6 Å². The number of methoxy groups -OCH3 is 1. The number of rotatable bonds is 3. The number of benzene rings is 2. The molecule has 0 unspecified atom stereocenters. The lowest BCUT2D eigenvalue weighted by molar-refractivity contribution is -0.137. The molecule has 2 aromatic heterocycles. The van der Waals surface area contributed by atoms with Crippen LogP contribution >= 0.6 is 11.6 Å². The molecular weight excluding hydrogens is 397 g/mol. The number of halogens is 4. The topological polar surface area (TPSA) is 73.9 Å². The Hall–Kier alpha value is -3.20. The molecule has 0 bridgehead atoms. The van der Waals surface area contributed by atoms with Gasteiger partial charge in [-0.3, -0.25) is 0 Å². The first-order valence-corrected chi connectivity index (χ1v) is 8.26. The van der Waals surface area contributed by atoms with E-state index >= 15 is 0 Å². The number of fused-ring (bicyclic) bond motifs is 1. The van der Waals surface area contributed by atoms with Gasteiger partial charge < -0.3 is 9.15 Å². The summed E-state index contributed by atoms with van der Waals surface area (Å²) in [6.45, 7) is 0. The van der Waals surface area contributed by atoms with Gasteiger partial charge in [-0.2, -0.15) is 13.2 Å². The van der Waals surface area contributed by atoms with E-state index in [1.165, 1.54) is 6.07 Å². The van der Waals surface area contributed by atoms with Crippen LogP contribution in [0.4, 0.5) is 13.2 Å². The highest BCUT2D eigenvalue weighted by Gasteiger charge is 2.31. The fourth-order valence-electron chi connectivity index (χ4n) is 2.51. The molecule has 4 rings (SSSR count). The predicted octanol–water partition coefficient (Wildman–Crippen LogP) is 5.03. The molecule has 6 nitrogen and oxygen atoms in total. The van der Waals surface area contributed by atoms with Crippen LogP contribution in [-0.2, 0) is 6.18 Å². The van der Waals surface area contributed by atoms with Gasteiger partial charge in [-0.15, -0.1) is 10.2 Å². The van der Waals surface area contributed by atoms with Crippen molar-refractivity contribution in [1.29, 1.82) is 0 Å². The molecule has 142 valence electrons. The highest BCUT2D eigenvalue weighted by Crippen LogP contribution is 2.33. The molecule has 0 saturated carbocycles. The van der Waals surface area contributed by atoms with Crippen LogP contribution in [0.5, 0.6) is 5.75 Å². The van der Waals surface area contributed by atoms with Gasteiger partial charge in [0.05, 0.1) is 23.7 Å². The molecule has 2 aromatic carbocycles. The standard InChI is InChI=1S/C18H10ClF3N4O2/c1-27-11-5-2-9(3-6-11)16-25-26-17(28-16)14-15(19)24-13-8-10(18(20,21)22)4-7-12(13)23-14/h2-8H,1H3. The summed E-state index contributed by atoms with van der Waals surface area (Å²) in [6, 6.07) is 9.97. The average molecular weight is 407 g/mol. The molecule has 4 aromatic rings. The third-order valence-electron chi connectivity index (χ3n) is 3.91. The van der Waals surface area contributed by atoms with Crippen LogP contribution < -0.4 is 4.74 Å². The molecule has 0 fully saturated rings. The van der Waals surface area contributed by atoms with Crippen molar-refractivity contribution < 1.29 is 22.3 Å². The van der Waals surface area contributed by atoms with Gasteiger partial charge in [0, 0.05) is 5.56 Å². The van der Waals surface area contributed by atoms with Crippen LogP contribution in [-0.4, -0.2) is 27.3 Å². The highest BCUT2D eigenvalue weighted by atomic mass is 35.5. The van der Waals surface area contributed by atoms with E-state index in [0.717, 1.165) is 12.1 Å². The number of hydrogen-bond donors (Lipinski definition) is 0. The summed E-state index contributed by atoms with van der Waals surface area (Å²) in [5, 5.41) is 7.73. The van der Waals surface area contributed by atoms with Crippen molar-refractivity contribution in [3.05, 3.63) is 53.2 Å². The van der Waals surface area contributed by atoms with E-state index in [1.54, 1.807) is 31.4 Å². The third-order valence-corrected chi connectivity index (χ3v) is 4.18. The van der Waals surface area contributed by atoms with Crippen molar-refractivity contribution in [2.75, 3.05) is 7.11 Å². The minimum atomic E-state index is -4.49. The summed E-state index contributed by atoms with van der Waals surface area (Å²) in [5.41, 5.74) is 0.133. The van der Waals surface area contributed by atoms with Crippen LogP contribution in [0.25, 0.3) is 34.1 Å². The van der Waals surface area contributed by atoms with E-state index in [1.807, 2.05) is 0 Å². The van der Waals surface area contributed by atoms with Crippen LogP contribution in [0.2, 0.25) is 5.15 Å². The van der Waals surface area contributed by atoms with Crippen molar-refractivity contribution >= 4 is 22.6 Å². The van der Waals surface area contributed by atoms with E-state index in [-0.39, 0.29) is 33.7 Å². The summed E-state index contributed by atoms with van der Waals surface area (Å²) in [5.74, 6) is 0.901. The molecule has 0 aliphatic heterocycles. The summed E-state index contributed by atoms with van der Waals surface area (Å²) in [6.07, 6.45) is -4.49. The van der Waals surface area contributed by atoms with E-state index < -0.39 is 11.7 Å². The Balaban J connectivity index is 1.72. The quantitative estimate of drug-likeness (QED) is 0.475. The SMILES string of the molecule is COc1ccc(-c2nnc(-c3nc4ccc(C(F)(F)F)cc4nc3Cl)o2)cc1. The summed E-state index contributed by atoms with van der Waals surface area (Å²) < 4.78 is 49.2.